The Labute approximate surface area is 253 Å². The number of allylic oxidation sites excluding steroid dienone is 12. The first-order valence-corrected chi connectivity index (χ1v) is 18.0. The van der Waals surface area contributed by atoms with Crippen LogP contribution in [0.5, 0.6) is 0 Å². The van der Waals surface area contributed by atoms with Gasteiger partial charge in [0, 0.05) is 0 Å². The van der Waals surface area contributed by atoms with Gasteiger partial charge in [0.15, 0.2) is 0 Å². The lowest BCUT2D eigenvalue weighted by Gasteiger charge is -2.61. The van der Waals surface area contributed by atoms with Crippen molar-refractivity contribution in [1.29, 1.82) is 0 Å². The molecule has 0 aromatic rings. The Balaban J connectivity index is 1.35. The fourth-order valence-electron chi connectivity index (χ4n) is 11.9. The van der Waals surface area contributed by atoms with Gasteiger partial charge in [0.25, 0.3) is 0 Å². The van der Waals surface area contributed by atoms with E-state index >= 15 is 0 Å². The highest BCUT2D eigenvalue weighted by atomic mass is 14.6. The third kappa shape index (κ3) is 4.96. The van der Waals surface area contributed by atoms with E-state index in [9.17, 15) is 0 Å². The molecule has 11 atom stereocenters. The summed E-state index contributed by atoms with van der Waals surface area (Å²) in [6.07, 6.45) is 45.6. The maximum atomic E-state index is 2.78. The van der Waals surface area contributed by atoms with E-state index in [4.69, 9.17) is 0 Å². The predicted octanol–water partition coefficient (Wildman–Crippen LogP) is 11.5. The number of hydrogen-bond donors (Lipinski definition) is 0. The summed E-state index contributed by atoms with van der Waals surface area (Å²) in [7, 11) is 0. The van der Waals surface area contributed by atoms with Crippen LogP contribution in [-0.2, 0) is 0 Å². The highest BCUT2D eigenvalue weighted by Crippen LogP contribution is 2.65. The summed E-state index contributed by atoms with van der Waals surface area (Å²) in [4.78, 5) is 0. The molecule has 0 aromatic heterocycles. The molecule has 0 aromatic carbocycles. The van der Waals surface area contributed by atoms with Crippen LogP contribution in [0, 0.1) is 75.9 Å². The Morgan fingerprint density at radius 2 is 1.20 bits per heavy atom. The Morgan fingerprint density at radius 3 is 1.80 bits per heavy atom. The summed E-state index contributed by atoms with van der Waals surface area (Å²) in [5, 5.41) is 0. The molecule has 0 aliphatic heterocycles. The van der Waals surface area contributed by atoms with Crippen LogP contribution in [0.2, 0.25) is 0 Å². The molecule has 0 radical (unpaired) electrons. The third-order valence-electron chi connectivity index (χ3n) is 14.2. The van der Waals surface area contributed by atoms with Gasteiger partial charge in [0.2, 0.25) is 0 Å². The minimum atomic E-state index is 0.346. The highest BCUT2D eigenvalue weighted by Gasteiger charge is 2.58. The first kappa shape index (κ1) is 29.5. The number of rotatable bonds is 10. The monoisotopic (exact) mass is 552 g/mol. The van der Waals surface area contributed by atoms with Crippen molar-refractivity contribution in [2.75, 3.05) is 0 Å². The maximum Gasteiger partial charge on any atom is -0.00930 e. The van der Waals surface area contributed by atoms with Crippen LogP contribution in [0.1, 0.15) is 105 Å². The van der Waals surface area contributed by atoms with Gasteiger partial charge in [-0.05, 0) is 114 Å². The lowest BCUT2D eigenvalue weighted by Crippen LogP contribution is -2.55. The molecular formula is C41H60. The van der Waals surface area contributed by atoms with Crippen molar-refractivity contribution in [3.63, 3.8) is 0 Å². The molecule has 0 heteroatoms. The van der Waals surface area contributed by atoms with Crippen LogP contribution in [0.4, 0.5) is 0 Å². The quantitative estimate of drug-likeness (QED) is 0.253. The molecule has 224 valence electrons. The van der Waals surface area contributed by atoms with E-state index in [-0.39, 0.29) is 0 Å². The molecular weight excluding hydrogens is 492 g/mol. The summed E-state index contributed by atoms with van der Waals surface area (Å²) < 4.78 is 0. The molecule has 0 amide bonds. The second-order valence-corrected chi connectivity index (χ2v) is 15.6. The smallest absolute Gasteiger partial charge is 0.00930 e. The second kappa shape index (κ2) is 12.2. The molecule has 6 rings (SSSR count). The van der Waals surface area contributed by atoms with Gasteiger partial charge in [0.05, 0.1) is 0 Å². The van der Waals surface area contributed by atoms with Crippen molar-refractivity contribution in [2.45, 2.75) is 105 Å². The number of unbranched alkanes of at least 4 members (excludes halogenated alkanes) is 1. The minimum Gasteiger partial charge on any atom is -0.0806 e. The molecule has 0 heterocycles. The molecule has 0 nitrogen and oxygen atoms in total. The number of fused-ring (bicyclic) bond motifs is 4. The largest absolute Gasteiger partial charge is 0.0806 e. The summed E-state index contributed by atoms with van der Waals surface area (Å²) in [6, 6.07) is 0. The average molecular weight is 553 g/mol. The van der Waals surface area contributed by atoms with Gasteiger partial charge in [-0.25, -0.2) is 0 Å². The molecule has 3 saturated carbocycles. The van der Waals surface area contributed by atoms with Crippen LogP contribution in [0.15, 0.2) is 72.9 Å². The Hall–Kier alpha value is -1.56. The van der Waals surface area contributed by atoms with Gasteiger partial charge in [-0.15, -0.1) is 0 Å². The van der Waals surface area contributed by atoms with Crippen molar-refractivity contribution in [1.82, 2.24) is 0 Å². The lowest BCUT2D eigenvalue weighted by atomic mass is 9.43. The normalized spacial score (nSPS) is 44.5. The molecule has 0 N–H and O–H groups in total. The van der Waals surface area contributed by atoms with Gasteiger partial charge >= 0.3 is 0 Å². The summed E-state index contributed by atoms with van der Waals surface area (Å²) in [5.74, 6) is 8.34. The van der Waals surface area contributed by atoms with Gasteiger partial charge in [-0.2, -0.15) is 0 Å². The van der Waals surface area contributed by atoms with E-state index in [1.165, 1.54) is 70.6 Å². The van der Waals surface area contributed by atoms with E-state index in [1.807, 2.05) is 0 Å². The van der Waals surface area contributed by atoms with Crippen molar-refractivity contribution in [2.24, 2.45) is 75.9 Å². The minimum absolute atomic E-state index is 0.346. The molecule has 0 spiro atoms. The highest BCUT2D eigenvalue weighted by molar-refractivity contribution is 5.29. The standard InChI is InChI=1S/C41H60/c1-6-9-17-29-28-40(4,31-18-16-19-31)37(34-22-12-10-20-32(29)34)26-27-39-36-23-13-11-21-33(36)35-24-14-15-25-38(35)41(39,5)30(7-2)8-3/h10-15,20-25,29-39H,6-9,16-19,26-28H2,1-5H3. The van der Waals surface area contributed by atoms with Crippen molar-refractivity contribution in [3.8, 4) is 0 Å². The lowest BCUT2D eigenvalue weighted by molar-refractivity contribution is -0.0927. The molecule has 6 aliphatic carbocycles. The molecule has 41 heavy (non-hydrogen) atoms. The van der Waals surface area contributed by atoms with Crippen LogP contribution in [-0.4, -0.2) is 0 Å². The van der Waals surface area contributed by atoms with E-state index in [0.717, 1.165) is 41.4 Å². The van der Waals surface area contributed by atoms with Gasteiger partial charge in [0.1, 0.15) is 0 Å². The van der Waals surface area contributed by atoms with Crippen LogP contribution in [0.25, 0.3) is 0 Å². The first-order chi connectivity index (χ1) is 20.0. The van der Waals surface area contributed by atoms with E-state index in [2.05, 4.69) is 108 Å². The molecule has 3 fully saturated rings. The molecule has 0 bridgehead atoms. The Bertz CT molecular complexity index is 1070. The average Bonchev–Trinajstić information content (AvgIpc) is 2.96. The summed E-state index contributed by atoms with van der Waals surface area (Å²) in [6.45, 7) is 12.9. The Morgan fingerprint density at radius 1 is 0.634 bits per heavy atom. The molecule has 0 saturated heterocycles. The van der Waals surface area contributed by atoms with Gasteiger partial charge in [-0.1, -0.05) is 140 Å². The molecule has 6 aliphatic rings. The summed E-state index contributed by atoms with van der Waals surface area (Å²) in [5.41, 5.74) is 0.851. The predicted molar refractivity (Wildman–Crippen MR) is 177 cm³/mol. The second-order valence-electron chi connectivity index (χ2n) is 15.6. The first-order valence-electron chi connectivity index (χ1n) is 18.0. The zero-order valence-electron chi connectivity index (χ0n) is 27.1. The molecule has 11 unspecified atom stereocenters. The van der Waals surface area contributed by atoms with E-state index < -0.39 is 0 Å². The van der Waals surface area contributed by atoms with Crippen molar-refractivity contribution in [3.05, 3.63) is 72.9 Å². The van der Waals surface area contributed by atoms with Crippen molar-refractivity contribution < 1.29 is 0 Å². The third-order valence-corrected chi connectivity index (χ3v) is 14.2. The number of hydrogen-bond acceptors (Lipinski definition) is 0. The van der Waals surface area contributed by atoms with Gasteiger partial charge in [-0.3, -0.25) is 0 Å². The SMILES string of the molecule is CCCCC1CC(C)(C2CCC2)C(CCC2C3C=CC=CC3C3C=CC=CC3C2(C)C(CC)CC)C2C=CC=CC12. The van der Waals surface area contributed by atoms with Crippen LogP contribution >= 0.6 is 0 Å². The van der Waals surface area contributed by atoms with Crippen LogP contribution < -0.4 is 0 Å². The van der Waals surface area contributed by atoms with E-state index in [0.29, 0.717) is 34.5 Å². The van der Waals surface area contributed by atoms with Gasteiger partial charge < -0.3 is 0 Å². The zero-order chi connectivity index (χ0) is 28.6. The van der Waals surface area contributed by atoms with Crippen LogP contribution in [0.3, 0.4) is 0 Å². The Kier molecular flexibility index (Phi) is 8.79. The zero-order valence-corrected chi connectivity index (χ0v) is 27.1. The summed E-state index contributed by atoms with van der Waals surface area (Å²) >= 11 is 0. The fraction of sp³-hybridized carbons (Fsp3) is 0.707. The fourth-order valence-corrected chi connectivity index (χ4v) is 11.9. The van der Waals surface area contributed by atoms with Crippen molar-refractivity contribution >= 4 is 0 Å². The topological polar surface area (TPSA) is 0 Å². The van der Waals surface area contributed by atoms with E-state index in [1.54, 1.807) is 0 Å². The maximum absolute atomic E-state index is 2.78.